The number of hydrogen-bond acceptors (Lipinski definition) is 1. The van der Waals surface area contributed by atoms with Gasteiger partial charge in [0.2, 0.25) is 0 Å². The average molecular weight is 345 g/mol. The first-order valence-corrected chi connectivity index (χ1v) is 7.05. The number of rotatable bonds is 4. The van der Waals surface area contributed by atoms with Crippen LogP contribution < -0.4 is 4.74 Å². The summed E-state index contributed by atoms with van der Waals surface area (Å²) in [6.45, 7) is 0.109. The number of ether oxygens (including phenoxy) is 1. The second-order valence-corrected chi connectivity index (χ2v) is 4.80. The first-order chi connectivity index (χ1) is 9.50. The van der Waals surface area contributed by atoms with Crippen LogP contribution >= 0.6 is 15.9 Å². The summed E-state index contributed by atoms with van der Waals surface area (Å²) in [5, 5.41) is 0.370. The van der Waals surface area contributed by atoms with Gasteiger partial charge in [-0.2, -0.15) is 13.2 Å². The third-order valence-corrected chi connectivity index (χ3v) is 3.39. The van der Waals surface area contributed by atoms with Crippen LogP contribution in [0, 0.1) is 0 Å². The van der Waals surface area contributed by atoms with E-state index in [0.717, 1.165) is 11.6 Å². The molecule has 0 radical (unpaired) electrons. The molecule has 2 rings (SSSR count). The Balaban J connectivity index is 2.23. The zero-order valence-corrected chi connectivity index (χ0v) is 12.0. The topological polar surface area (TPSA) is 9.23 Å². The minimum absolute atomic E-state index is 0.109. The van der Waals surface area contributed by atoms with E-state index in [1.807, 2.05) is 18.2 Å². The fourth-order valence-corrected chi connectivity index (χ4v) is 2.09. The van der Waals surface area contributed by atoms with Crippen LogP contribution in [0.4, 0.5) is 13.2 Å². The molecule has 0 bridgehead atoms. The smallest absolute Gasteiger partial charge is 0.419 e. The van der Waals surface area contributed by atoms with Gasteiger partial charge in [0, 0.05) is 5.33 Å². The molecule has 0 aliphatic carbocycles. The van der Waals surface area contributed by atoms with Crippen LogP contribution in [0.3, 0.4) is 0 Å². The molecule has 2 aromatic rings. The third kappa shape index (κ3) is 3.76. The molecule has 0 saturated carbocycles. The molecule has 106 valence electrons. The molecule has 1 nitrogen and oxygen atoms in total. The van der Waals surface area contributed by atoms with Gasteiger partial charge in [-0.05, 0) is 23.3 Å². The Morgan fingerprint density at radius 1 is 0.950 bits per heavy atom. The summed E-state index contributed by atoms with van der Waals surface area (Å²) in [7, 11) is 0. The molecule has 5 heteroatoms. The van der Waals surface area contributed by atoms with Gasteiger partial charge in [-0.25, -0.2) is 0 Å². The second-order valence-electron chi connectivity index (χ2n) is 4.24. The van der Waals surface area contributed by atoms with Crippen molar-refractivity contribution in [2.45, 2.75) is 18.1 Å². The van der Waals surface area contributed by atoms with Crippen molar-refractivity contribution < 1.29 is 17.9 Å². The van der Waals surface area contributed by atoms with Crippen molar-refractivity contribution in [1.82, 2.24) is 0 Å². The van der Waals surface area contributed by atoms with Crippen LogP contribution in [0.25, 0.3) is 0 Å². The van der Waals surface area contributed by atoms with E-state index in [9.17, 15) is 13.2 Å². The Kier molecular flexibility index (Phi) is 4.70. The normalized spacial score (nSPS) is 11.4. The molecule has 0 fully saturated rings. The summed E-state index contributed by atoms with van der Waals surface area (Å²) in [5.41, 5.74) is 0.639. The highest BCUT2D eigenvalue weighted by atomic mass is 79.9. The molecule has 0 N–H and O–H groups in total. The van der Waals surface area contributed by atoms with Gasteiger partial charge >= 0.3 is 6.18 Å². The van der Waals surface area contributed by atoms with Gasteiger partial charge in [0.1, 0.15) is 12.4 Å². The Bertz CT molecular complexity index is 567. The van der Waals surface area contributed by atoms with E-state index in [1.165, 1.54) is 6.07 Å². The maximum Gasteiger partial charge on any atom is 0.419 e. The maximum absolute atomic E-state index is 13.0. The lowest BCUT2D eigenvalue weighted by Gasteiger charge is -2.15. The highest BCUT2D eigenvalue weighted by Gasteiger charge is 2.34. The summed E-state index contributed by atoms with van der Waals surface area (Å²) in [4.78, 5) is 0. The number of hydrogen-bond donors (Lipinski definition) is 0. The average Bonchev–Trinajstić information content (AvgIpc) is 2.45. The van der Waals surface area contributed by atoms with Crippen molar-refractivity contribution in [1.29, 1.82) is 0 Å². The van der Waals surface area contributed by atoms with Gasteiger partial charge in [0.15, 0.2) is 0 Å². The van der Waals surface area contributed by atoms with E-state index >= 15 is 0 Å². The van der Waals surface area contributed by atoms with Crippen molar-refractivity contribution in [3.8, 4) is 5.75 Å². The molecule has 0 unspecified atom stereocenters. The SMILES string of the molecule is FC(F)(F)c1cc(CBr)ccc1OCc1ccccc1. The van der Waals surface area contributed by atoms with Crippen LogP contribution in [-0.2, 0) is 18.1 Å². The second kappa shape index (κ2) is 6.31. The standard InChI is InChI=1S/C15H12BrF3O/c16-9-12-6-7-14(13(8-12)15(17,18)19)20-10-11-4-2-1-3-5-11/h1-8H,9-10H2. The van der Waals surface area contributed by atoms with Crippen LogP contribution in [0.1, 0.15) is 16.7 Å². The summed E-state index contributed by atoms with van der Waals surface area (Å²) < 4.78 is 44.3. The molecule has 0 aromatic heterocycles. The van der Waals surface area contributed by atoms with E-state index in [1.54, 1.807) is 18.2 Å². The highest BCUT2D eigenvalue weighted by molar-refractivity contribution is 9.08. The molecule has 0 saturated heterocycles. The van der Waals surface area contributed by atoms with E-state index in [-0.39, 0.29) is 12.4 Å². The zero-order valence-electron chi connectivity index (χ0n) is 10.5. The molecule has 0 spiro atoms. The zero-order chi connectivity index (χ0) is 14.6. The summed E-state index contributed by atoms with van der Waals surface area (Å²) in [5.74, 6) is -0.147. The van der Waals surface area contributed by atoms with Crippen LogP contribution in [-0.4, -0.2) is 0 Å². The molecular weight excluding hydrogens is 333 g/mol. The van der Waals surface area contributed by atoms with Gasteiger partial charge in [-0.15, -0.1) is 0 Å². The largest absolute Gasteiger partial charge is 0.488 e. The Labute approximate surface area is 123 Å². The predicted octanol–water partition coefficient (Wildman–Crippen LogP) is 5.18. The Morgan fingerprint density at radius 2 is 1.65 bits per heavy atom. The fraction of sp³-hybridized carbons (Fsp3) is 0.200. The van der Waals surface area contributed by atoms with Gasteiger partial charge in [-0.3, -0.25) is 0 Å². The summed E-state index contributed by atoms with van der Waals surface area (Å²) in [6.07, 6.45) is -4.43. The van der Waals surface area contributed by atoms with Crippen molar-refractivity contribution >= 4 is 15.9 Å². The molecule has 0 heterocycles. The lowest BCUT2D eigenvalue weighted by molar-refractivity contribution is -0.139. The molecule has 0 atom stereocenters. The van der Waals surface area contributed by atoms with Crippen LogP contribution in [0.2, 0.25) is 0 Å². The molecule has 2 aromatic carbocycles. The quantitative estimate of drug-likeness (QED) is 0.694. The molecule has 20 heavy (non-hydrogen) atoms. The Hall–Kier alpha value is -1.49. The first-order valence-electron chi connectivity index (χ1n) is 5.93. The molecule has 0 amide bonds. The molecular formula is C15H12BrF3O. The van der Waals surface area contributed by atoms with E-state index < -0.39 is 11.7 Å². The summed E-state index contributed by atoms with van der Waals surface area (Å²) in [6, 6.07) is 13.2. The van der Waals surface area contributed by atoms with Crippen molar-refractivity contribution in [2.75, 3.05) is 0 Å². The summed E-state index contributed by atoms with van der Waals surface area (Å²) >= 11 is 3.15. The number of benzene rings is 2. The van der Waals surface area contributed by atoms with Crippen molar-refractivity contribution in [3.63, 3.8) is 0 Å². The monoisotopic (exact) mass is 344 g/mol. The van der Waals surface area contributed by atoms with E-state index in [4.69, 9.17) is 4.74 Å². The van der Waals surface area contributed by atoms with E-state index in [2.05, 4.69) is 15.9 Å². The Morgan fingerprint density at radius 3 is 2.25 bits per heavy atom. The lowest BCUT2D eigenvalue weighted by Crippen LogP contribution is -2.09. The number of halogens is 4. The minimum atomic E-state index is -4.43. The highest BCUT2D eigenvalue weighted by Crippen LogP contribution is 2.37. The maximum atomic E-state index is 13.0. The third-order valence-electron chi connectivity index (χ3n) is 2.74. The van der Waals surface area contributed by atoms with Crippen molar-refractivity contribution in [2.24, 2.45) is 0 Å². The van der Waals surface area contributed by atoms with Crippen LogP contribution in [0.15, 0.2) is 48.5 Å². The van der Waals surface area contributed by atoms with Gasteiger partial charge < -0.3 is 4.74 Å². The molecule has 0 aliphatic rings. The molecule has 0 aliphatic heterocycles. The van der Waals surface area contributed by atoms with Gasteiger partial charge in [-0.1, -0.05) is 52.3 Å². The van der Waals surface area contributed by atoms with Gasteiger partial charge in [0.05, 0.1) is 5.56 Å². The number of alkyl halides is 4. The lowest BCUT2D eigenvalue weighted by atomic mass is 10.1. The van der Waals surface area contributed by atoms with Crippen molar-refractivity contribution in [3.05, 3.63) is 65.2 Å². The van der Waals surface area contributed by atoms with Gasteiger partial charge in [0.25, 0.3) is 0 Å². The van der Waals surface area contributed by atoms with Crippen LogP contribution in [0.5, 0.6) is 5.75 Å². The van der Waals surface area contributed by atoms with E-state index in [0.29, 0.717) is 10.9 Å². The minimum Gasteiger partial charge on any atom is -0.488 e. The predicted molar refractivity (Wildman–Crippen MR) is 74.8 cm³/mol. The first kappa shape index (κ1) is 14.9. The fourth-order valence-electron chi connectivity index (χ4n) is 1.74.